The third kappa shape index (κ3) is 1.82. The number of hydrogen-bond donors (Lipinski definition) is 0. The van der Waals surface area contributed by atoms with Crippen molar-refractivity contribution in [1.29, 1.82) is 5.26 Å². The molecule has 0 saturated carbocycles. The van der Waals surface area contributed by atoms with E-state index in [1.807, 2.05) is 6.07 Å². The topological polar surface area (TPSA) is 84.5 Å². The third-order valence-electron chi connectivity index (χ3n) is 3.02. The number of fused-ring (bicyclic) bond motifs is 1. The molecule has 0 unspecified atom stereocenters. The highest BCUT2D eigenvalue weighted by molar-refractivity contribution is 6.14. The van der Waals surface area contributed by atoms with Crippen LogP contribution in [0.25, 0.3) is 11.0 Å². The van der Waals surface area contributed by atoms with Gasteiger partial charge in [0.25, 0.3) is 0 Å². The van der Waals surface area contributed by atoms with Crippen molar-refractivity contribution >= 4 is 16.8 Å². The van der Waals surface area contributed by atoms with Gasteiger partial charge < -0.3 is 0 Å². The molecular weight excluding hydrogens is 254 g/mol. The summed E-state index contributed by atoms with van der Waals surface area (Å²) in [7, 11) is 1.76. The highest BCUT2D eigenvalue weighted by Gasteiger charge is 2.16. The lowest BCUT2D eigenvalue weighted by molar-refractivity contribution is 0.103. The van der Waals surface area contributed by atoms with Crippen LogP contribution in [0, 0.1) is 11.3 Å². The molecule has 0 aliphatic carbocycles. The maximum absolute atomic E-state index is 12.5. The first-order valence-electron chi connectivity index (χ1n) is 5.88. The lowest BCUT2D eigenvalue weighted by Gasteiger charge is -2.01. The van der Waals surface area contributed by atoms with Gasteiger partial charge in [-0.25, -0.2) is 9.97 Å². The number of carbonyl (C=O) groups excluding carboxylic acids is 1. The minimum absolute atomic E-state index is 0.213. The average Bonchev–Trinajstić information content (AvgIpc) is 2.88. The van der Waals surface area contributed by atoms with Crippen molar-refractivity contribution in [2.75, 3.05) is 0 Å². The Morgan fingerprint density at radius 1 is 1.25 bits per heavy atom. The van der Waals surface area contributed by atoms with Gasteiger partial charge in [-0.1, -0.05) is 0 Å². The Balaban J connectivity index is 2.10. The number of carbonyl (C=O) groups is 1. The van der Waals surface area contributed by atoms with E-state index in [2.05, 4.69) is 15.1 Å². The van der Waals surface area contributed by atoms with Gasteiger partial charge in [-0.15, -0.1) is 0 Å². The molecule has 2 heterocycles. The van der Waals surface area contributed by atoms with E-state index in [9.17, 15) is 4.79 Å². The Hall–Kier alpha value is -3.07. The van der Waals surface area contributed by atoms with Crippen LogP contribution in [0.2, 0.25) is 0 Å². The molecular formula is C14H9N5O. The molecule has 0 aliphatic heterocycles. The Kier molecular flexibility index (Phi) is 2.73. The fraction of sp³-hybridized carbons (Fsp3) is 0.0714. The number of benzene rings is 1. The van der Waals surface area contributed by atoms with E-state index in [0.29, 0.717) is 27.9 Å². The van der Waals surface area contributed by atoms with Crippen molar-refractivity contribution in [2.45, 2.75) is 0 Å². The first kappa shape index (κ1) is 12.0. The lowest BCUT2D eigenvalue weighted by atomic mass is 10.0. The smallest absolute Gasteiger partial charge is 0.212 e. The SMILES string of the molecule is Cn1ncc2c(C(=O)c3ccc(C#N)cc3)ncnc21. The molecule has 20 heavy (non-hydrogen) atoms. The average molecular weight is 263 g/mol. The molecule has 0 amide bonds. The van der Waals surface area contributed by atoms with Crippen LogP contribution in [0.3, 0.4) is 0 Å². The number of rotatable bonds is 2. The molecule has 0 fully saturated rings. The maximum Gasteiger partial charge on any atom is 0.212 e. The quantitative estimate of drug-likeness (QED) is 0.653. The molecule has 6 heteroatoms. The van der Waals surface area contributed by atoms with Gasteiger partial charge in [0.05, 0.1) is 23.2 Å². The first-order valence-corrected chi connectivity index (χ1v) is 5.88. The summed E-state index contributed by atoms with van der Waals surface area (Å²) in [6.45, 7) is 0. The molecule has 3 aromatic rings. The van der Waals surface area contributed by atoms with E-state index in [1.54, 1.807) is 42.2 Å². The number of aromatic nitrogens is 4. The molecule has 0 bridgehead atoms. The Morgan fingerprint density at radius 3 is 2.70 bits per heavy atom. The number of nitrogens with zero attached hydrogens (tertiary/aromatic N) is 5. The van der Waals surface area contributed by atoms with Gasteiger partial charge in [0, 0.05) is 12.6 Å². The molecule has 96 valence electrons. The summed E-state index contributed by atoms with van der Waals surface area (Å²) in [4.78, 5) is 20.6. The summed E-state index contributed by atoms with van der Waals surface area (Å²) in [5.74, 6) is -0.213. The van der Waals surface area contributed by atoms with Gasteiger partial charge in [-0.05, 0) is 24.3 Å². The van der Waals surface area contributed by atoms with E-state index < -0.39 is 0 Å². The van der Waals surface area contributed by atoms with Gasteiger partial charge in [0.15, 0.2) is 5.65 Å². The van der Waals surface area contributed by atoms with Crippen LogP contribution in [0.15, 0.2) is 36.8 Å². The van der Waals surface area contributed by atoms with Gasteiger partial charge in [0.1, 0.15) is 12.0 Å². The van der Waals surface area contributed by atoms with Crippen LogP contribution in [-0.4, -0.2) is 25.5 Å². The summed E-state index contributed by atoms with van der Waals surface area (Å²) in [5, 5.41) is 13.5. The summed E-state index contributed by atoms with van der Waals surface area (Å²) >= 11 is 0. The van der Waals surface area contributed by atoms with E-state index >= 15 is 0 Å². The molecule has 3 rings (SSSR count). The minimum Gasteiger partial charge on any atom is -0.287 e. The Morgan fingerprint density at radius 2 is 2.00 bits per heavy atom. The minimum atomic E-state index is -0.213. The summed E-state index contributed by atoms with van der Waals surface area (Å²) < 4.78 is 1.59. The van der Waals surface area contributed by atoms with Gasteiger partial charge >= 0.3 is 0 Å². The molecule has 0 atom stereocenters. The zero-order valence-corrected chi connectivity index (χ0v) is 10.6. The molecule has 0 aliphatic rings. The second-order valence-corrected chi connectivity index (χ2v) is 4.25. The Bertz CT molecular complexity index is 842. The molecule has 0 radical (unpaired) electrons. The zero-order chi connectivity index (χ0) is 14.1. The van der Waals surface area contributed by atoms with Crippen LogP contribution >= 0.6 is 0 Å². The molecule has 0 spiro atoms. The van der Waals surface area contributed by atoms with E-state index in [4.69, 9.17) is 5.26 Å². The van der Waals surface area contributed by atoms with Gasteiger partial charge in [-0.3, -0.25) is 9.48 Å². The summed E-state index contributed by atoms with van der Waals surface area (Å²) in [6.07, 6.45) is 2.92. The maximum atomic E-state index is 12.5. The second kappa shape index (κ2) is 4.55. The molecule has 2 aromatic heterocycles. The number of aryl methyl sites for hydroxylation is 1. The first-order chi connectivity index (χ1) is 9.70. The van der Waals surface area contributed by atoms with Crippen LogP contribution < -0.4 is 0 Å². The fourth-order valence-electron chi connectivity index (χ4n) is 1.98. The van der Waals surface area contributed by atoms with Crippen molar-refractivity contribution in [3.05, 3.63) is 53.6 Å². The van der Waals surface area contributed by atoms with Gasteiger partial charge in [-0.2, -0.15) is 10.4 Å². The predicted octanol–water partition coefficient (Wildman–Crippen LogP) is 1.47. The molecule has 1 aromatic carbocycles. The van der Waals surface area contributed by atoms with E-state index in [0.717, 1.165) is 0 Å². The lowest BCUT2D eigenvalue weighted by Crippen LogP contribution is -2.05. The molecule has 0 N–H and O–H groups in total. The standard InChI is InChI=1S/C14H9N5O/c1-19-14-11(7-18-19)12(16-8-17-14)13(20)10-4-2-9(6-15)3-5-10/h2-5,7-8H,1H3. The van der Waals surface area contributed by atoms with Crippen molar-refractivity contribution in [2.24, 2.45) is 7.05 Å². The van der Waals surface area contributed by atoms with Crippen molar-refractivity contribution in [3.63, 3.8) is 0 Å². The monoisotopic (exact) mass is 263 g/mol. The molecule has 6 nitrogen and oxygen atoms in total. The summed E-state index contributed by atoms with van der Waals surface area (Å²) in [5.41, 5.74) is 1.91. The third-order valence-corrected chi connectivity index (χ3v) is 3.02. The van der Waals surface area contributed by atoms with Crippen LogP contribution in [0.4, 0.5) is 0 Å². The van der Waals surface area contributed by atoms with Crippen LogP contribution in [0.1, 0.15) is 21.6 Å². The van der Waals surface area contributed by atoms with E-state index in [-0.39, 0.29) is 5.78 Å². The summed E-state index contributed by atoms with van der Waals surface area (Å²) in [6, 6.07) is 8.46. The van der Waals surface area contributed by atoms with Crippen molar-refractivity contribution in [3.8, 4) is 6.07 Å². The van der Waals surface area contributed by atoms with Crippen molar-refractivity contribution < 1.29 is 4.79 Å². The number of hydrogen-bond acceptors (Lipinski definition) is 5. The van der Waals surface area contributed by atoms with Crippen molar-refractivity contribution in [1.82, 2.24) is 19.7 Å². The molecule has 0 saturated heterocycles. The Labute approximate surface area is 114 Å². The van der Waals surface area contributed by atoms with Crippen LogP contribution in [0.5, 0.6) is 0 Å². The predicted molar refractivity (Wildman–Crippen MR) is 70.9 cm³/mol. The zero-order valence-electron chi connectivity index (χ0n) is 10.6. The van der Waals surface area contributed by atoms with Crippen LogP contribution in [-0.2, 0) is 7.05 Å². The fourth-order valence-corrected chi connectivity index (χ4v) is 1.98. The number of ketones is 1. The normalized spacial score (nSPS) is 10.4. The number of nitriles is 1. The largest absolute Gasteiger partial charge is 0.287 e. The highest BCUT2D eigenvalue weighted by Crippen LogP contribution is 2.17. The highest BCUT2D eigenvalue weighted by atomic mass is 16.1. The second-order valence-electron chi connectivity index (χ2n) is 4.25. The van der Waals surface area contributed by atoms with Gasteiger partial charge in [0.2, 0.25) is 5.78 Å². The van der Waals surface area contributed by atoms with E-state index in [1.165, 1.54) is 6.33 Å².